The van der Waals surface area contributed by atoms with Crippen molar-refractivity contribution in [2.45, 2.75) is 37.8 Å². The number of carbonyl (C=O) groups excluding carboxylic acids is 2. The van der Waals surface area contributed by atoms with E-state index in [1.807, 2.05) is 30.3 Å². The van der Waals surface area contributed by atoms with E-state index in [0.29, 0.717) is 0 Å². The van der Waals surface area contributed by atoms with Gasteiger partial charge in [0.15, 0.2) is 0 Å². The molecule has 0 radical (unpaired) electrons. The second-order valence-corrected chi connectivity index (χ2v) is 7.40. The SMILES string of the molecule is COc1ccc(F)cc1/C(O)=C1\C(=O)C(=O)N(C2CCCC2)C1c1ccccc1. The fraction of sp³-hybridized carbons (Fsp3) is 0.304. The van der Waals surface area contributed by atoms with Gasteiger partial charge in [-0.15, -0.1) is 0 Å². The van der Waals surface area contributed by atoms with E-state index >= 15 is 0 Å². The third-order valence-corrected chi connectivity index (χ3v) is 5.73. The summed E-state index contributed by atoms with van der Waals surface area (Å²) in [6.07, 6.45) is 3.62. The topological polar surface area (TPSA) is 66.8 Å². The number of halogens is 1. The molecular formula is C23H22FNO4. The highest BCUT2D eigenvalue weighted by Crippen LogP contribution is 2.44. The van der Waals surface area contributed by atoms with Crippen molar-refractivity contribution in [2.75, 3.05) is 7.11 Å². The van der Waals surface area contributed by atoms with Crippen LogP contribution in [0.15, 0.2) is 54.1 Å². The number of Topliss-reactive ketones (excluding diaryl/α,β-unsaturated/α-hetero) is 1. The molecule has 2 aromatic carbocycles. The number of methoxy groups -OCH3 is 1. The first kappa shape index (κ1) is 19.2. The van der Waals surface area contributed by atoms with Crippen LogP contribution in [0.3, 0.4) is 0 Å². The number of hydrogen-bond donors (Lipinski definition) is 1. The van der Waals surface area contributed by atoms with Crippen LogP contribution in [0, 0.1) is 5.82 Å². The van der Waals surface area contributed by atoms with Gasteiger partial charge in [-0.3, -0.25) is 9.59 Å². The lowest BCUT2D eigenvalue weighted by Crippen LogP contribution is -2.37. The van der Waals surface area contributed by atoms with Gasteiger partial charge in [-0.25, -0.2) is 4.39 Å². The van der Waals surface area contributed by atoms with Crippen LogP contribution >= 0.6 is 0 Å². The van der Waals surface area contributed by atoms with Crippen LogP contribution in [0.5, 0.6) is 5.75 Å². The maximum Gasteiger partial charge on any atom is 0.295 e. The zero-order chi connectivity index (χ0) is 20.5. The van der Waals surface area contributed by atoms with Crippen LogP contribution in [0.1, 0.15) is 42.9 Å². The summed E-state index contributed by atoms with van der Waals surface area (Å²) in [4.78, 5) is 27.6. The quantitative estimate of drug-likeness (QED) is 0.479. The first-order valence-corrected chi connectivity index (χ1v) is 9.72. The van der Waals surface area contributed by atoms with E-state index in [1.54, 1.807) is 4.90 Å². The molecule has 1 atom stereocenters. The summed E-state index contributed by atoms with van der Waals surface area (Å²) in [5.74, 6) is -2.15. The van der Waals surface area contributed by atoms with Gasteiger partial charge in [0.05, 0.1) is 24.3 Å². The summed E-state index contributed by atoms with van der Waals surface area (Å²) in [5.41, 5.74) is 0.755. The highest BCUT2D eigenvalue weighted by atomic mass is 19.1. The van der Waals surface area contributed by atoms with Crippen molar-refractivity contribution in [1.29, 1.82) is 0 Å². The number of benzene rings is 2. The van der Waals surface area contributed by atoms with Crippen molar-refractivity contribution in [3.63, 3.8) is 0 Å². The summed E-state index contributed by atoms with van der Waals surface area (Å²) in [6, 6.07) is 12.1. The van der Waals surface area contributed by atoms with E-state index < -0.39 is 29.3 Å². The van der Waals surface area contributed by atoms with E-state index in [4.69, 9.17) is 4.74 Å². The van der Waals surface area contributed by atoms with Crippen LogP contribution in [0.4, 0.5) is 4.39 Å². The molecule has 1 heterocycles. The van der Waals surface area contributed by atoms with Crippen molar-refractivity contribution in [1.82, 2.24) is 4.90 Å². The molecule has 1 amide bonds. The van der Waals surface area contributed by atoms with Gasteiger partial charge in [0.2, 0.25) is 0 Å². The molecule has 4 rings (SSSR count). The number of ether oxygens (including phenoxy) is 1. The number of aliphatic hydroxyl groups excluding tert-OH is 1. The number of likely N-dealkylation sites (tertiary alicyclic amines) is 1. The molecule has 29 heavy (non-hydrogen) atoms. The largest absolute Gasteiger partial charge is 0.507 e. The van der Waals surface area contributed by atoms with E-state index in [9.17, 15) is 19.1 Å². The minimum absolute atomic E-state index is 0.0306. The lowest BCUT2D eigenvalue weighted by molar-refractivity contribution is -0.141. The molecule has 1 N–H and O–H groups in total. The van der Waals surface area contributed by atoms with Crippen molar-refractivity contribution in [2.24, 2.45) is 0 Å². The molecule has 1 aliphatic carbocycles. The molecule has 2 aliphatic rings. The lowest BCUT2D eigenvalue weighted by Gasteiger charge is -2.30. The number of ketones is 1. The third kappa shape index (κ3) is 3.28. The zero-order valence-electron chi connectivity index (χ0n) is 16.1. The lowest BCUT2D eigenvalue weighted by atomic mass is 9.94. The van der Waals surface area contributed by atoms with Gasteiger partial charge in [-0.2, -0.15) is 0 Å². The van der Waals surface area contributed by atoms with Gasteiger partial charge in [0, 0.05) is 6.04 Å². The summed E-state index contributed by atoms with van der Waals surface area (Å²) in [5, 5.41) is 11.1. The maximum absolute atomic E-state index is 13.9. The molecule has 2 aromatic rings. The average Bonchev–Trinajstić information content (AvgIpc) is 3.35. The Bertz CT molecular complexity index is 980. The minimum Gasteiger partial charge on any atom is -0.507 e. The number of rotatable bonds is 4. The smallest absolute Gasteiger partial charge is 0.295 e. The first-order valence-electron chi connectivity index (χ1n) is 9.72. The van der Waals surface area contributed by atoms with Gasteiger partial charge >= 0.3 is 0 Å². The van der Waals surface area contributed by atoms with Gasteiger partial charge in [0.1, 0.15) is 17.3 Å². The van der Waals surface area contributed by atoms with Gasteiger partial charge in [0.25, 0.3) is 11.7 Å². The van der Waals surface area contributed by atoms with Gasteiger partial charge < -0.3 is 14.7 Å². The highest BCUT2D eigenvalue weighted by Gasteiger charge is 2.49. The number of carbonyl (C=O) groups is 2. The summed E-state index contributed by atoms with van der Waals surface area (Å²) in [6.45, 7) is 0. The molecule has 0 bridgehead atoms. The van der Waals surface area contributed by atoms with Crippen molar-refractivity contribution in [3.8, 4) is 5.75 Å². The Hall–Kier alpha value is -3.15. The van der Waals surface area contributed by atoms with E-state index in [-0.39, 0.29) is 22.9 Å². The van der Waals surface area contributed by atoms with Gasteiger partial charge in [-0.05, 0) is 36.6 Å². The Morgan fingerprint density at radius 3 is 2.45 bits per heavy atom. The second-order valence-electron chi connectivity index (χ2n) is 7.40. The number of amides is 1. The molecule has 1 aliphatic heterocycles. The standard InChI is InChI=1S/C23H22FNO4/c1-29-18-12-11-15(24)13-17(18)21(26)19-20(14-7-3-2-4-8-14)25(23(28)22(19)27)16-9-5-6-10-16/h2-4,7-8,11-13,16,20,26H,5-6,9-10H2,1H3/b21-19+. The predicted octanol–water partition coefficient (Wildman–Crippen LogP) is 4.20. The summed E-state index contributed by atoms with van der Waals surface area (Å²) < 4.78 is 19.1. The van der Waals surface area contributed by atoms with Crippen LogP contribution in [-0.4, -0.2) is 34.8 Å². The first-order chi connectivity index (χ1) is 14.0. The fourth-order valence-electron chi connectivity index (χ4n) is 4.38. The van der Waals surface area contributed by atoms with Gasteiger partial charge in [-0.1, -0.05) is 43.2 Å². The molecule has 1 saturated heterocycles. The molecule has 1 saturated carbocycles. The fourth-order valence-corrected chi connectivity index (χ4v) is 4.38. The molecule has 6 heteroatoms. The summed E-state index contributed by atoms with van der Waals surface area (Å²) >= 11 is 0. The normalized spacial score (nSPS) is 21.7. The maximum atomic E-state index is 13.9. The van der Waals surface area contributed by atoms with Crippen LogP contribution in [0.25, 0.3) is 5.76 Å². The monoisotopic (exact) mass is 395 g/mol. The third-order valence-electron chi connectivity index (χ3n) is 5.73. The summed E-state index contributed by atoms with van der Waals surface area (Å²) in [7, 11) is 1.40. The minimum atomic E-state index is -0.755. The van der Waals surface area contributed by atoms with E-state index in [1.165, 1.54) is 19.2 Å². The molecule has 5 nitrogen and oxygen atoms in total. The zero-order valence-corrected chi connectivity index (χ0v) is 16.1. The van der Waals surface area contributed by atoms with Crippen LogP contribution in [-0.2, 0) is 9.59 Å². The van der Waals surface area contributed by atoms with Crippen LogP contribution in [0.2, 0.25) is 0 Å². The number of nitrogens with zero attached hydrogens (tertiary/aromatic N) is 1. The van der Waals surface area contributed by atoms with Crippen molar-refractivity contribution in [3.05, 3.63) is 71.0 Å². The predicted molar refractivity (Wildman–Crippen MR) is 106 cm³/mol. The van der Waals surface area contributed by atoms with Crippen molar-refractivity contribution < 1.29 is 23.8 Å². The number of hydrogen-bond acceptors (Lipinski definition) is 4. The molecular weight excluding hydrogens is 373 g/mol. The Kier molecular flexibility index (Phi) is 5.09. The van der Waals surface area contributed by atoms with E-state index in [0.717, 1.165) is 37.3 Å². The second kappa shape index (κ2) is 7.70. The molecule has 0 aromatic heterocycles. The molecule has 2 fully saturated rings. The van der Waals surface area contributed by atoms with Crippen LogP contribution < -0.4 is 4.74 Å². The molecule has 0 spiro atoms. The molecule has 150 valence electrons. The highest BCUT2D eigenvalue weighted by molar-refractivity contribution is 6.46. The number of aliphatic hydroxyl groups is 1. The Morgan fingerprint density at radius 2 is 1.79 bits per heavy atom. The molecule has 1 unspecified atom stereocenters. The Morgan fingerprint density at radius 1 is 1.10 bits per heavy atom. The van der Waals surface area contributed by atoms with E-state index in [2.05, 4.69) is 0 Å². The van der Waals surface area contributed by atoms with Crippen molar-refractivity contribution >= 4 is 17.4 Å². The Balaban J connectivity index is 1.92. The average molecular weight is 395 g/mol. The Labute approximate surface area is 168 Å².